The largest absolute Gasteiger partial charge is 0.478 e. The van der Waals surface area contributed by atoms with E-state index in [1.165, 1.54) is 19.2 Å². The third kappa shape index (κ3) is 12.2. The van der Waals surface area contributed by atoms with Gasteiger partial charge in [-0.05, 0) is 54.0 Å². The van der Waals surface area contributed by atoms with Gasteiger partial charge in [-0.25, -0.2) is 13.2 Å². The Morgan fingerprint density at radius 1 is 0.765 bits per heavy atom. The standard InChI is InChI=1S/C38H50N4O8S/c1-24(2)17-32(33(43)18-26(5)35(44)41-34(25(3)4)37(46)39-22-27-13-9-7-10-14-27)40-36(45)29-19-30(38(47)48)21-31(20-29)42(6)51(49,50)23-28-15-11-8-12-16-28/h7-16,19-21,24-26,32-34,43H,17-18,22-23H2,1-6H3,(H,39,46)(H,40,45)(H,41,44)(H,47,48)/t26-,32+,33+,34+/m1/s1. The highest BCUT2D eigenvalue weighted by Gasteiger charge is 2.31. The van der Waals surface area contributed by atoms with Crippen LogP contribution in [0.1, 0.15) is 79.3 Å². The van der Waals surface area contributed by atoms with E-state index in [9.17, 15) is 37.8 Å². The van der Waals surface area contributed by atoms with Gasteiger partial charge in [0, 0.05) is 25.1 Å². The molecular weight excluding hydrogens is 673 g/mol. The van der Waals surface area contributed by atoms with Gasteiger partial charge in [-0.15, -0.1) is 0 Å². The maximum atomic E-state index is 13.6. The number of carbonyl (C=O) groups excluding carboxylic acids is 3. The number of rotatable bonds is 18. The van der Waals surface area contributed by atoms with Crippen molar-refractivity contribution in [1.29, 1.82) is 0 Å². The normalized spacial score (nSPS) is 13.9. The number of aromatic carboxylic acids is 1. The van der Waals surface area contributed by atoms with E-state index in [1.54, 1.807) is 37.3 Å². The highest BCUT2D eigenvalue weighted by molar-refractivity contribution is 7.92. The van der Waals surface area contributed by atoms with Crippen LogP contribution in [0.2, 0.25) is 0 Å². The number of aliphatic hydroxyl groups is 1. The molecule has 0 aliphatic carbocycles. The minimum atomic E-state index is -3.96. The Bertz CT molecular complexity index is 1750. The molecule has 0 spiro atoms. The summed E-state index contributed by atoms with van der Waals surface area (Å²) in [6, 6.07) is 19.9. The number of carbonyl (C=O) groups is 4. The minimum Gasteiger partial charge on any atom is -0.478 e. The maximum absolute atomic E-state index is 13.6. The Kier molecular flexibility index (Phi) is 14.7. The first kappa shape index (κ1) is 40.7. The van der Waals surface area contributed by atoms with E-state index >= 15 is 0 Å². The molecule has 3 aromatic carbocycles. The summed E-state index contributed by atoms with van der Waals surface area (Å²) in [5, 5.41) is 29.5. The fourth-order valence-corrected chi connectivity index (χ4v) is 6.75. The highest BCUT2D eigenvalue weighted by Crippen LogP contribution is 2.24. The molecule has 13 heteroatoms. The van der Waals surface area contributed by atoms with E-state index in [4.69, 9.17) is 0 Å². The van der Waals surface area contributed by atoms with Crippen molar-refractivity contribution >= 4 is 39.4 Å². The topological polar surface area (TPSA) is 182 Å². The van der Waals surface area contributed by atoms with Gasteiger partial charge in [0.05, 0.1) is 29.1 Å². The van der Waals surface area contributed by atoms with Gasteiger partial charge < -0.3 is 26.2 Å². The molecule has 0 heterocycles. The predicted octanol–water partition coefficient (Wildman–Crippen LogP) is 4.34. The lowest BCUT2D eigenvalue weighted by molar-refractivity contribution is -0.132. The van der Waals surface area contributed by atoms with Crippen LogP contribution in [0.5, 0.6) is 0 Å². The molecule has 0 fully saturated rings. The van der Waals surface area contributed by atoms with Gasteiger partial charge in [0.25, 0.3) is 5.91 Å². The predicted molar refractivity (Wildman–Crippen MR) is 196 cm³/mol. The van der Waals surface area contributed by atoms with Gasteiger partial charge in [0.2, 0.25) is 21.8 Å². The van der Waals surface area contributed by atoms with E-state index in [-0.39, 0.29) is 46.7 Å². The van der Waals surface area contributed by atoms with Crippen LogP contribution < -0.4 is 20.3 Å². The third-order valence-corrected chi connectivity index (χ3v) is 10.2. The number of nitrogens with one attached hydrogen (secondary N) is 3. The molecule has 0 unspecified atom stereocenters. The molecule has 3 amide bonds. The Morgan fingerprint density at radius 2 is 1.33 bits per heavy atom. The number of carboxylic acids is 1. The van der Waals surface area contributed by atoms with Crippen LogP contribution >= 0.6 is 0 Å². The summed E-state index contributed by atoms with van der Waals surface area (Å²) >= 11 is 0. The number of aliphatic hydroxyl groups excluding tert-OH is 1. The quantitative estimate of drug-likeness (QED) is 0.129. The Labute approximate surface area is 300 Å². The van der Waals surface area contributed by atoms with Crippen LogP contribution in [0.25, 0.3) is 0 Å². The van der Waals surface area contributed by atoms with Gasteiger partial charge in [-0.1, -0.05) is 95.3 Å². The van der Waals surface area contributed by atoms with Crippen LogP contribution in [-0.4, -0.2) is 67.6 Å². The van der Waals surface area contributed by atoms with Crippen LogP contribution in [0.3, 0.4) is 0 Å². The van der Waals surface area contributed by atoms with Crippen molar-refractivity contribution < 1.29 is 37.8 Å². The number of hydrogen-bond acceptors (Lipinski definition) is 7. The first-order valence-corrected chi connectivity index (χ1v) is 18.6. The fraction of sp³-hybridized carbons (Fsp3) is 0.421. The molecule has 0 saturated carbocycles. The molecule has 51 heavy (non-hydrogen) atoms. The van der Waals surface area contributed by atoms with E-state index < -0.39 is 51.9 Å². The number of carboxylic acid groups (broad SMARTS) is 1. The van der Waals surface area contributed by atoms with Crippen molar-refractivity contribution in [3.8, 4) is 0 Å². The molecule has 0 aromatic heterocycles. The van der Waals surface area contributed by atoms with Crippen molar-refractivity contribution in [2.75, 3.05) is 11.4 Å². The second-order valence-corrected chi connectivity index (χ2v) is 15.6. The smallest absolute Gasteiger partial charge is 0.335 e. The number of hydrogen-bond donors (Lipinski definition) is 5. The summed E-state index contributed by atoms with van der Waals surface area (Å²) < 4.78 is 27.4. The fourth-order valence-electron chi connectivity index (χ4n) is 5.52. The lowest BCUT2D eigenvalue weighted by atomic mass is 9.91. The lowest BCUT2D eigenvalue weighted by Crippen LogP contribution is -2.51. The first-order valence-electron chi connectivity index (χ1n) is 17.0. The SMILES string of the molecule is CC(C)C[C@H](NC(=O)c1cc(C(=O)O)cc(N(C)S(=O)(=O)Cc2ccccc2)c1)[C@@H](O)C[C@@H](C)C(=O)N[C@H](C(=O)NCc1ccccc1)C(C)C. The first-order chi connectivity index (χ1) is 24.0. The van der Waals surface area contributed by atoms with Gasteiger partial charge in [0.15, 0.2) is 0 Å². The molecule has 0 saturated heterocycles. The molecule has 0 aliphatic heterocycles. The summed E-state index contributed by atoms with van der Waals surface area (Å²) in [6.07, 6.45) is -0.896. The molecule has 0 bridgehead atoms. The van der Waals surface area contributed by atoms with Crippen molar-refractivity contribution in [2.45, 2.75) is 77.9 Å². The number of sulfonamides is 1. The van der Waals surface area contributed by atoms with E-state index in [0.29, 0.717) is 18.5 Å². The lowest BCUT2D eigenvalue weighted by Gasteiger charge is -2.29. The molecule has 5 N–H and O–H groups in total. The van der Waals surface area contributed by atoms with Crippen LogP contribution in [0.4, 0.5) is 5.69 Å². The average molecular weight is 723 g/mol. The van der Waals surface area contributed by atoms with Crippen molar-refractivity contribution in [1.82, 2.24) is 16.0 Å². The Balaban J connectivity index is 1.74. The highest BCUT2D eigenvalue weighted by atomic mass is 32.2. The Morgan fingerprint density at radius 3 is 1.88 bits per heavy atom. The van der Waals surface area contributed by atoms with Gasteiger partial charge in [0.1, 0.15) is 6.04 Å². The monoisotopic (exact) mass is 722 g/mol. The van der Waals surface area contributed by atoms with Crippen LogP contribution in [0.15, 0.2) is 78.9 Å². The molecular formula is C38H50N4O8S. The summed E-state index contributed by atoms with van der Waals surface area (Å²) in [5.74, 6) is -4.11. The molecule has 0 aliphatic rings. The zero-order valence-corrected chi connectivity index (χ0v) is 30.8. The van der Waals surface area contributed by atoms with Crippen LogP contribution in [-0.2, 0) is 31.9 Å². The minimum absolute atomic E-state index is 0.0166. The second kappa shape index (κ2) is 18.5. The average Bonchev–Trinajstić information content (AvgIpc) is 3.08. The Hall–Kier alpha value is -4.75. The number of nitrogens with zero attached hydrogens (tertiary/aromatic N) is 1. The second-order valence-electron chi connectivity index (χ2n) is 13.6. The maximum Gasteiger partial charge on any atom is 0.335 e. The molecule has 0 radical (unpaired) electrons. The van der Waals surface area contributed by atoms with E-state index in [1.807, 2.05) is 58.0 Å². The number of anilines is 1. The van der Waals surface area contributed by atoms with Crippen LogP contribution in [0, 0.1) is 17.8 Å². The third-order valence-electron chi connectivity index (χ3n) is 8.51. The molecule has 276 valence electrons. The summed E-state index contributed by atoms with van der Waals surface area (Å²) in [6.45, 7) is 9.38. The summed E-state index contributed by atoms with van der Waals surface area (Å²) in [7, 11) is -2.67. The van der Waals surface area contributed by atoms with Crippen molar-refractivity contribution in [3.63, 3.8) is 0 Å². The van der Waals surface area contributed by atoms with Crippen molar-refractivity contribution in [3.05, 3.63) is 101 Å². The summed E-state index contributed by atoms with van der Waals surface area (Å²) in [4.78, 5) is 51.9. The van der Waals surface area contributed by atoms with Gasteiger partial charge in [-0.2, -0.15) is 0 Å². The number of amides is 3. The molecule has 4 atom stereocenters. The molecule has 3 rings (SSSR count). The zero-order valence-electron chi connectivity index (χ0n) is 30.0. The molecule has 12 nitrogen and oxygen atoms in total. The molecule has 3 aromatic rings. The van der Waals surface area contributed by atoms with Gasteiger partial charge in [-0.3, -0.25) is 18.7 Å². The number of benzene rings is 3. The zero-order chi connectivity index (χ0) is 37.9. The summed E-state index contributed by atoms with van der Waals surface area (Å²) in [5.41, 5.74) is 1.03. The van der Waals surface area contributed by atoms with Gasteiger partial charge >= 0.3 is 5.97 Å². The van der Waals surface area contributed by atoms with Crippen molar-refractivity contribution in [2.24, 2.45) is 17.8 Å². The van der Waals surface area contributed by atoms with E-state index in [0.717, 1.165) is 15.9 Å². The van der Waals surface area contributed by atoms with E-state index in [2.05, 4.69) is 16.0 Å².